The normalized spacial score (nSPS) is 30.0. The van der Waals surface area contributed by atoms with Crippen molar-refractivity contribution in [3.63, 3.8) is 0 Å². The fraction of sp³-hybridized carbons (Fsp3) is 0.727. The first-order chi connectivity index (χ1) is 6.51. The zero-order valence-electron chi connectivity index (χ0n) is 9.12. The predicted molar refractivity (Wildman–Crippen MR) is 54.8 cm³/mol. The summed E-state index contributed by atoms with van der Waals surface area (Å²) in [7, 11) is 0. The Labute approximate surface area is 84.8 Å². The third kappa shape index (κ3) is 1.05. The lowest BCUT2D eigenvalue weighted by Gasteiger charge is -2.51. The monoisotopic (exact) mass is 194 g/mol. The van der Waals surface area contributed by atoms with Crippen molar-refractivity contribution in [3.05, 3.63) is 18.2 Å². The molecule has 3 nitrogen and oxygen atoms in total. The Morgan fingerprint density at radius 3 is 2.64 bits per heavy atom. The van der Waals surface area contributed by atoms with Crippen molar-refractivity contribution in [2.24, 2.45) is 5.41 Å². The van der Waals surface area contributed by atoms with Gasteiger partial charge in [0.05, 0.1) is 0 Å². The van der Waals surface area contributed by atoms with Gasteiger partial charge in [0.1, 0.15) is 11.4 Å². The third-order valence-corrected chi connectivity index (χ3v) is 3.66. The lowest BCUT2D eigenvalue weighted by Crippen LogP contribution is -2.52. The number of hydrogen-bond acceptors (Lipinski definition) is 2. The molecule has 1 atom stereocenters. The molecule has 1 heterocycles. The Morgan fingerprint density at radius 2 is 2.21 bits per heavy atom. The molecule has 0 amide bonds. The summed E-state index contributed by atoms with van der Waals surface area (Å²) in [5.41, 5.74) is -0.752. The van der Waals surface area contributed by atoms with Crippen LogP contribution in [-0.2, 0) is 12.1 Å². The van der Waals surface area contributed by atoms with Crippen LogP contribution in [0.25, 0.3) is 0 Å². The van der Waals surface area contributed by atoms with E-state index in [1.807, 2.05) is 10.8 Å². The fourth-order valence-corrected chi connectivity index (χ4v) is 2.20. The van der Waals surface area contributed by atoms with Crippen molar-refractivity contribution in [2.75, 3.05) is 0 Å². The van der Waals surface area contributed by atoms with Crippen LogP contribution >= 0.6 is 0 Å². The average molecular weight is 194 g/mol. The van der Waals surface area contributed by atoms with E-state index in [2.05, 4.69) is 25.8 Å². The Bertz CT molecular complexity index is 343. The number of aryl methyl sites for hydroxylation is 1. The molecule has 3 heteroatoms. The van der Waals surface area contributed by atoms with Gasteiger partial charge in [0.15, 0.2) is 0 Å². The van der Waals surface area contributed by atoms with Crippen LogP contribution in [0.15, 0.2) is 12.4 Å². The van der Waals surface area contributed by atoms with Gasteiger partial charge in [0.2, 0.25) is 0 Å². The molecule has 0 aromatic carbocycles. The molecule has 78 valence electrons. The molecular formula is C11H18N2O. The molecule has 14 heavy (non-hydrogen) atoms. The van der Waals surface area contributed by atoms with Crippen LogP contribution in [0.1, 0.15) is 39.4 Å². The summed E-state index contributed by atoms with van der Waals surface area (Å²) in [5, 5.41) is 10.5. The van der Waals surface area contributed by atoms with E-state index in [0.29, 0.717) is 0 Å². The Hall–Kier alpha value is -0.830. The van der Waals surface area contributed by atoms with E-state index in [1.54, 1.807) is 6.20 Å². The van der Waals surface area contributed by atoms with Gasteiger partial charge in [-0.25, -0.2) is 4.98 Å². The quantitative estimate of drug-likeness (QED) is 0.781. The van der Waals surface area contributed by atoms with Gasteiger partial charge in [-0.15, -0.1) is 0 Å². The van der Waals surface area contributed by atoms with Crippen LogP contribution in [0.3, 0.4) is 0 Å². The summed E-state index contributed by atoms with van der Waals surface area (Å²) in [4.78, 5) is 4.29. The van der Waals surface area contributed by atoms with Gasteiger partial charge in [0, 0.05) is 24.4 Å². The second-order valence-electron chi connectivity index (χ2n) is 4.78. The lowest BCUT2D eigenvalue weighted by molar-refractivity contribution is -0.163. The smallest absolute Gasteiger partial charge is 0.141 e. The molecule has 0 saturated heterocycles. The summed E-state index contributed by atoms with van der Waals surface area (Å²) < 4.78 is 2.03. The summed E-state index contributed by atoms with van der Waals surface area (Å²) >= 11 is 0. The van der Waals surface area contributed by atoms with E-state index in [9.17, 15) is 5.11 Å². The zero-order valence-corrected chi connectivity index (χ0v) is 9.12. The molecule has 2 rings (SSSR count). The first-order valence-corrected chi connectivity index (χ1v) is 5.25. The van der Waals surface area contributed by atoms with Gasteiger partial charge in [-0.2, -0.15) is 0 Å². The number of aromatic nitrogens is 2. The maximum Gasteiger partial charge on any atom is 0.141 e. The molecule has 0 bridgehead atoms. The third-order valence-electron chi connectivity index (χ3n) is 3.66. The van der Waals surface area contributed by atoms with Crippen molar-refractivity contribution in [1.29, 1.82) is 0 Å². The molecule has 1 N–H and O–H groups in total. The molecule has 1 unspecified atom stereocenters. The van der Waals surface area contributed by atoms with Crippen molar-refractivity contribution < 1.29 is 5.11 Å². The van der Waals surface area contributed by atoms with Gasteiger partial charge < -0.3 is 9.67 Å². The highest BCUT2D eigenvalue weighted by Crippen LogP contribution is 2.55. The number of aliphatic hydroxyl groups is 1. The van der Waals surface area contributed by atoms with Crippen LogP contribution in [-0.4, -0.2) is 14.7 Å². The Morgan fingerprint density at radius 1 is 1.50 bits per heavy atom. The van der Waals surface area contributed by atoms with Crippen molar-refractivity contribution in [3.8, 4) is 0 Å². The molecule has 1 saturated carbocycles. The maximum atomic E-state index is 10.5. The van der Waals surface area contributed by atoms with Crippen molar-refractivity contribution in [1.82, 2.24) is 9.55 Å². The second kappa shape index (κ2) is 2.83. The lowest BCUT2D eigenvalue weighted by atomic mass is 9.58. The Balaban J connectivity index is 2.40. The van der Waals surface area contributed by atoms with Crippen LogP contribution in [0, 0.1) is 5.41 Å². The minimum atomic E-state index is -0.716. The Kier molecular flexibility index (Phi) is 1.96. The fourth-order valence-electron chi connectivity index (χ4n) is 2.20. The van der Waals surface area contributed by atoms with Gasteiger partial charge >= 0.3 is 0 Å². The van der Waals surface area contributed by atoms with Gasteiger partial charge in [-0.05, 0) is 19.8 Å². The average Bonchev–Trinajstić information content (AvgIpc) is 2.62. The van der Waals surface area contributed by atoms with Crippen LogP contribution in [0.4, 0.5) is 0 Å². The van der Waals surface area contributed by atoms with Gasteiger partial charge in [-0.3, -0.25) is 0 Å². The van der Waals surface area contributed by atoms with E-state index in [1.165, 1.54) is 0 Å². The predicted octanol–water partition coefficient (Wildman–Crippen LogP) is 1.91. The van der Waals surface area contributed by atoms with Crippen LogP contribution in [0.2, 0.25) is 0 Å². The zero-order chi connectivity index (χ0) is 10.4. The first kappa shape index (κ1) is 9.71. The minimum Gasteiger partial charge on any atom is -0.381 e. The highest BCUT2D eigenvalue weighted by molar-refractivity contribution is 5.16. The van der Waals surface area contributed by atoms with E-state index in [0.717, 1.165) is 25.2 Å². The molecular weight excluding hydrogens is 176 g/mol. The maximum absolute atomic E-state index is 10.5. The van der Waals surface area contributed by atoms with Crippen molar-refractivity contribution in [2.45, 2.75) is 45.8 Å². The molecule has 1 aliphatic rings. The largest absolute Gasteiger partial charge is 0.381 e. The minimum absolute atomic E-state index is 0.0364. The highest BCUT2D eigenvalue weighted by atomic mass is 16.3. The molecule has 1 aromatic rings. The highest BCUT2D eigenvalue weighted by Gasteiger charge is 2.55. The summed E-state index contributed by atoms with van der Waals surface area (Å²) in [5.74, 6) is 0.830. The topological polar surface area (TPSA) is 38.0 Å². The summed E-state index contributed by atoms with van der Waals surface area (Å²) in [6, 6.07) is 0. The number of imidazole rings is 1. The van der Waals surface area contributed by atoms with E-state index in [-0.39, 0.29) is 5.41 Å². The van der Waals surface area contributed by atoms with Crippen molar-refractivity contribution >= 4 is 0 Å². The second-order valence-corrected chi connectivity index (χ2v) is 4.78. The van der Waals surface area contributed by atoms with Gasteiger partial charge in [0.25, 0.3) is 0 Å². The summed E-state index contributed by atoms with van der Waals surface area (Å²) in [6.45, 7) is 7.14. The molecule has 0 aliphatic heterocycles. The molecule has 1 fully saturated rings. The van der Waals surface area contributed by atoms with Crippen LogP contribution in [0.5, 0.6) is 0 Å². The van der Waals surface area contributed by atoms with Gasteiger partial charge in [-0.1, -0.05) is 13.8 Å². The molecule has 0 radical (unpaired) electrons. The SMILES string of the molecule is CCn1ccnc1C1(O)CCC1(C)C. The summed E-state index contributed by atoms with van der Waals surface area (Å²) in [6.07, 6.45) is 5.60. The van der Waals surface area contributed by atoms with Crippen LogP contribution < -0.4 is 0 Å². The first-order valence-electron chi connectivity index (χ1n) is 5.25. The number of rotatable bonds is 2. The molecule has 1 aromatic heterocycles. The number of hydrogen-bond donors (Lipinski definition) is 1. The standard InChI is InChI=1S/C11H18N2O/c1-4-13-8-7-12-9(13)11(14)6-5-10(11,2)3/h7-8,14H,4-6H2,1-3H3. The van der Waals surface area contributed by atoms with E-state index < -0.39 is 5.60 Å². The van der Waals surface area contributed by atoms with E-state index >= 15 is 0 Å². The molecule has 0 spiro atoms. The number of nitrogens with zero attached hydrogens (tertiary/aromatic N) is 2. The molecule has 1 aliphatic carbocycles. The van der Waals surface area contributed by atoms with E-state index in [4.69, 9.17) is 0 Å².